The molecule has 0 saturated heterocycles. The van der Waals surface area contributed by atoms with E-state index in [1.165, 1.54) is 6.92 Å². The second-order valence-corrected chi connectivity index (χ2v) is 8.38. The number of ketones is 1. The predicted molar refractivity (Wildman–Crippen MR) is 101 cm³/mol. The molecule has 0 aliphatic heterocycles. The summed E-state index contributed by atoms with van der Waals surface area (Å²) in [6.07, 6.45) is 0. The van der Waals surface area contributed by atoms with E-state index in [1.54, 1.807) is 72.8 Å². The van der Waals surface area contributed by atoms with Gasteiger partial charge in [-0.25, -0.2) is 0 Å². The maximum absolute atomic E-state index is 13.9. The number of carbonyl (C=O) groups excluding carboxylic acids is 2. The van der Waals surface area contributed by atoms with Crippen molar-refractivity contribution in [1.29, 1.82) is 0 Å². The van der Waals surface area contributed by atoms with Gasteiger partial charge in [0.2, 0.25) is 12.7 Å². The number of hydrogen-bond donors (Lipinski definition) is 0. The molecule has 0 atom stereocenters. The summed E-state index contributed by atoms with van der Waals surface area (Å²) in [5.74, 6) is -0.0756. The molecule has 124 valence electrons. The lowest BCUT2D eigenvalue weighted by atomic mass is 10.1. The quantitative estimate of drug-likeness (QED) is 0.516. The summed E-state index contributed by atoms with van der Waals surface area (Å²) in [5.41, 5.74) is 0.423. The minimum Gasteiger partial charge on any atom is -0.305 e. The van der Waals surface area contributed by atoms with Crippen LogP contribution in [-0.4, -0.2) is 11.3 Å². The fourth-order valence-corrected chi connectivity index (χ4v) is 5.15. The molecule has 0 aliphatic rings. The van der Waals surface area contributed by atoms with Crippen molar-refractivity contribution in [3.8, 4) is 0 Å². The Kier molecular flexibility index (Phi) is 4.78. The average Bonchev–Trinajstić information content (AvgIpc) is 2.68. The fraction of sp³-hybridized carbons (Fsp3) is 0.0476. The van der Waals surface area contributed by atoms with Gasteiger partial charge in [0.1, 0.15) is 0 Å². The lowest BCUT2D eigenvalue weighted by Crippen LogP contribution is -2.22. The second-order valence-electron chi connectivity index (χ2n) is 5.72. The maximum Gasteiger partial charge on any atom is 0.230 e. The van der Waals surface area contributed by atoms with Crippen molar-refractivity contribution in [2.24, 2.45) is 0 Å². The number of carbonyl (C=O) groups is 2. The highest BCUT2D eigenvalue weighted by molar-refractivity contribution is 7.93. The van der Waals surface area contributed by atoms with E-state index in [1.807, 2.05) is 12.1 Å². The molecule has 0 amide bonds. The second kappa shape index (κ2) is 7.00. The Morgan fingerprint density at radius 3 is 1.44 bits per heavy atom. The van der Waals surface area contributed by atoms with Crippen LogP contribution in [0.3, 0.4) is 0 Å². The van der Waals surface area contributed by atoms with Gasteiger partial charge < -0.3 is 4.57 Å². The van der Waals surface area contributed by atoms with E-state index in [0.717, 1.165) is 0 Å². The van der Waals surface area contributed by atoms with E-state index < -0.39 is 12.7 Å². The highest BCUT2D eigenvalue weighted by Gasteiger charge is 2.36. The first kappa shape index (κ1) is 17.1. The number of Topliss-reactive ketones (excluding diaryl/α,β-unsaturated/α-hetero) is 1. The summed E-state index contributed by atoms with van der Waals surface area (Å²) < 4.78 is 13.9. The summed E-state index contributed by atoms with van der Waals surface area (Å²) in [4.78, 5) is 24.6. The molecular formula is C21H17O3P. The van der Waals surface area contributed by atoms with Crippen LogP contribution in [0.25, 0.3) is 0 Å². The van der Waals surface area contributed by atoms with Gasteiger partial charge >= 0.3 is 0 Å². The largest absolute Gasteiger partial charge is 0.305 e. The molecule has 0 saturated carbocycles. The van der Waals surface area contributed by atoms with Crippen LogP contribution < -0.4 is 10.6 Å². The molecule has 3 aromatic rings. The third-order valence-corrected chi connectivity index (χ3v) is 6.94. The Bertz CT molecular complexity index is 902. The first-order chi connectivity index (χ1) is 12.0. The van der Waals surface area contributed by atoms with Crippen LogP contribution in [0.4, 0.5) is 0 Å². The Labute approximate surface area is 146 Å². The molecule has 0 radical (unpaired) electrons. The SMILES string of the molecule is CC(=O)c1ccc(C(=O)P(=O)(c2ccccc2)c2ccccc2)cc1. The van der Waals surface area contributed by atoms with Crippen LogP contribution >= 0.6 is 7.14 Å². The van der Waals surface area contributed by atoms with Crippen LogP contribution in [0.2, 0.25) is 0 Å². The first-order valence-corrected chi connectivity index (χ1v) is 9.61. The van der Waals surface area contributed by atoms with Gasteiger partial charge in [-0.1, -0.05) is 84.9 Å². The molecule has 4 heteroatoms. The molecule has 0 fully saturated rings. The molecule has 0 spiro atoms. The van der Waals surface area contributed by atoms with Crippen molar-refractivity contribution in [1.82, 2.24) is 0 Å². The van der Waals surface area contributed by atoms with Crippen molar-refractivity contribution >= 4 is 29.1 Å². The third-order valence-electron chi connectivity index (χ3n) is 4.06. The number of benzene rings is 3. The fourth-order valence-electron chi connectivity index (χ4n) is 2.69. The highest BCUT2D eigenvalue weighted by Crippen LogP contribution is 2.46. The minimum absolute atomic E-state index is 0.0756. The molecule has 0 N–H and O–H groups in total. The molecule has 3 aromatic carbocycles. The molecule has 0 bridgehead atoms. The Hall–Kier alpha value is -2.77. The third kappa shape index (κ3) is 3.24. The molecule has 0 unspecified atom stereocenters. The van der Waals surface area contributed by atoms with Crippen LogP contribution in [0.1, 0.15) is 27.6 Å². The topological polar surface area (TPSA) is 51.2 Å². The Morgan fingerprint density at radius 1 is 0.640 bits per heavy atom. The zero-order valence-corrected chi connectivity index (χ0v) is 14.6. The molecule has 3 rings (SSSR count). The van der Waals surface area contributed by atoms with E-state index in [9.17, 15) is 14.2 Å². The molecule has 0 heterocycles. The van der Waals surface area contributed by atoms with Gasteiger partial charge in [0, 0.05) is 21.7 Å². The van der Waals surface area contributed by atoms with Gasteiger partial charge in [-0.2, -0.15) is 0 Å². The number of rotatable bonds is 5. The molecular weight excluding hydrogens is 331 g/mol. The van der Waals surface area contributed by atoms with Gasteiger partial charge in [-0.05, 0) is 6.92 Å². The average molecular weight is 348 g/mol. The highest BCUT2D eigenvalue weighted by atomic mass is 31.2. The minimum atomic E-state index is -3.50. The Balaban J connectivity index is 2.14. The monoisotopic (exact) mass is 348 g/mol. The summed E-state index contributed by atoms with van der Waals surface area (Å²) in [6.45, 7) is 1.47. The van der Waals surface area contributed by atoms with Crippen molar-refractivity contribution in [2.75, 3.05) is 0 Å². The van der Waals surface area contributed by atoms with Crippen LogP contribution in [0, 0.1) is 0 Å². The van der Waals surface area contributed by atoms with Crippen LogP contribution in [-0.2, 0) is 4.57 Å². The molecule has 25 heavy (non-hydrogen) atoms. The van der Waals surface area contributed by atoms with E-state index in [0.29, 0.717) is 21.7 Å². The van der Waals surface area contributed by atoms with Crippen LogP contribution in [0.5, 0.6) is 0 Å². The summed E-state index contributed by atoms with van der Waals surface area (Å²) in [7, 11) is -3.50. The van der Waals surface area contributed by atoms with Gasteiger partial charge in [0.05, 0.1) is 0 Å². The first-order valence-electron chi connectivity index (χ1n) is 7.90. The van der Waals surface area contributed by atoms with Crippen molar-refractivity contribution in [3.63, 3.8) is 0 Å². The molecule has 3 nitrogen and oxygen atoms in total. The zero-order chi connectivity index (χ0) is 17.9. The van der Waals surface area contributed by atoms with Gasteiger partial charge in [-0.15, -0.1) is 0 Å². The van der Waals surface area contributed by atoms with Crippen molar-refractivity contribution < 1.29 is 14.2 Å². The summed E-state index contributed by atoms with van der Waals surface area (Å²) in [5, 5.41) is 1.00. The smallest absolute Gasteiger partial charge is 0.230 e. The van der Waals surface area contributed by atoms with Crippen molar-refractivity contribution in [2.45, 2.75) is 6.92 Å². The van der Waals surface area contributed by atoms with Gasteiger partial charge in [0.25, 0.3) is 0 Å². The normalized spacial score (nSPS) is 11.1. The molecule has 0 aromatic heterocycles. The van der Waals surface area contributed by atoms with Gasteiger partial charge in [0.15, 0.2) is 5.78 Å². The van der Waals surface area contributed by atoms with E-state index in [4.69, 9.17) is 0 Å². The van der Waals surface area contributed by atoms with Crippen LogP contribution in [0.15, 0.2) is 84.9 Å². The van der Waals surface area contributed by atoms with E-state index in [-0.39, 0.29) is 5.78 Å². The van der Waals surface area contributed by atoms with E-state index >= 15 is 0 Å². The maximum atomic E-state index is 13.9. The van der Waals surface area contributed by atoms with Crippen molar-refractivity contribution in [3.05, 3.63) is 96.1 Å². The molecule has 0 aliphatic carbocycles. The Morgan fingerprint density at radius 2 is 1.04 bits per heavy atom. The summed E-state index contributed by atoms with van der Waals surface area (Å²) >= 11 is 0. The number of hydrogen-bond acceptors (Lipinski definition) is 3. The zero-order valence-electron chi connectivity index (χ0n) is 13.8. The van der Waals surface area contributed by atoms with E-state index in [2.05, 4.69) is 0 Å². The van der Waals surface area contributed by atoms with Gasteiger partial charge in [-0.3, -0.25) is 9.59 Å². The predicted octanol–water partition coefficient (Wildman–Crippen LogP) is 4.04. The lowest BCUT2D eigenvalue weighted by Gasteiger charge is -2.18. The standard InChI is InChI=1S/C21H17O3P/c1-16(22)17-12-14-18(15-13-17)21(23)25(24,19-8-4-2-5-9-19)20-10-6-3-7-11-20/h2-15H,1H3. The summed E-state index contributed by atoms with van der Waals surface area (Å²) in [6, 6.07) is 23.9. The lowest BCUT2D eigenvalue weighted by molar-refractivity contribution is 0.101.